The van der Waals surface area contributed by atoms with Crippen molar-refractivity contribution in [3.63, 3.8) is 0 Å². The second-order valence-electron chi connectivity index (χ2n) is 6.02. The van der Waals surface area contributed by atoms with E-state index in [2.05, 4.69) is 21.7 Å². The molecule has 7 heteroatoms. The number of nitrogens with zero attached hydrogens (tertiary/aromatic N) is 1. The molecule has 0 aromatic heterocycles. The zero-order chi connectivity index (χ0) is 18.2. The largest absolute Gasteiger partial charge is 0.496 e. The summed E-state index contributed by atoms with van der Waals surface area (Å²) in [5.74, 6) is 3.67. The molecule has 1 aliphatic heterocycles. The molecule has 0 spiro atoms. The summed E-state index contributed by atoms with van der Waals surface area (Å²) in [5, 5.41) is 6.66. The molecule has 0 fully saturated rings. The summed E-state index contributed by atoms with van der Waals surface area (Å²) in [7, 11) is 3.24. The first-order valence-corrected chi connectivity index (χ1v) is 8.79. The first-order chi connectivity index (χ1) is 12.8. The van der Waals surface area contributed by atoms with Crippen LogP contribution in [0.25, 0.3) is 0 Å². The molecule has 0 saturated carbocycles. The molecule has 6 nitrogen and oxygen atoms in total. The summed E-state index contributed by atoms with van der Waals surface area (Å²) in [6, 6.07) is 13.4. The highest BCUT2D eigenvalue weighted by atomic mass is 79.9. The molecule has 0 radical (unpaired) electrons. The number of hydrogen-bond donors (Lipinski definition) is 2. The molecule has 2 N–H and O–H groups in total. The van der Waals surface area contributed by atoms with Crippen molar-refractivity contribution in [3.05, 3.63) is 48.0 Å². The van der Waals surface area contributed by atoms with Gasteiger partial charge in [0, 0.05) is 37.8 Å². The normalized spacial score (nSPS) is 13.3. The zero-order valence-electron chi connectivity index (χ0n) is 15.7. The summed E-state index contributed by atoms with van der Waals surface area (Å²) in [6.45, 7) is 2.52. The third-order valence-corrected chi connectivity index (χ3v) is 4.07. The molecular formula is C20H26BrN3O3. The number of halogens is 1. The summed E-state index contributed by atoms with van der Waals surface area (Å²) in [6.07, 6.45) is 2.29. The van der Waals surface area contributed by atoms with Crippen molar-refractivity contribution in [2.75, 3.05) is 27.3 Å². The topological polar surface area (TPSA) is 64.1 Å². The van der Waals surface area contributed by atoms with Crippen molar-refractivity contribution in [2.45, 2.75) is 19.4 Å². The average Bonchev–Trinajstić information content (AvgIpc) is 2.95. The molecule has 146 valence electrons. The van der Waals surface area contributed by atoms with Gasteiger partial charge in [0.25, 0.3) is 0 Å². The van der Waals surface area contributed by atoms with Gasteiger partial charge in [-0.25, -0.2) is 0 Å². The minimum Gasteiger partial charge on any atom is -0.496 e. The molecule has 2 aromatic rings. The van der Waals surface area contributed by atoms with Crippen LogP contribution in [0.5, 0.6) is 23.0 Å². The van der Waals surface area contributed by atoms with E-state index < -0.39 is 0 Å². The fourth-order valence-electron chi connectivity index (χ4n) is 2.69. The van der Waals surface area contributed by atoms with Gasteiger partial charge in [-0.3, -0.25) is 4.99 Å². The van der Waals surface area contributed by atoms with Crippen LogP contribution in [-0.2, 0) is 6.54 Å². The van der Waals surface area contributed by atoms with Gasteiger partial charge in [-0.1, -0.05) is 12.1 Å². The van der Waals surface area contributed by atoms with Crippen molar-refractivity contribution >= 4 is 22.9 Å². The summed E-state index contributed by atoms with van der Waals surface area (Å²) < 4.78 is 16.6. The lowest BCUT2D eigenvalue weighted by Gasteiger charge is -2.12. The lowest BCUT2D eigenvalue weighted by atomic mass is 10.2. The molecule has 27 heavy (non-hydrogen) atoms. The van der Waals surface area contributed by atoms with Crippen molar-refractivity contribution in [2.24, 2.45) is 4.99 Å². The van der Waals surface area contributed by atoms with E-state index in [0.29, 0.717) is 23.8 Å². The zero-order valence-corrected chi connectivity index (χ0v) is 17.4. The summed E-state index contributed by atoms with van der Waals surface area (Å²) in [5.41, 5.74) is 1.12. The molecule has 0 aliphatic carbocycles. The molecule has 2 aromatic carbocycles. The van der Waals surface area contributed by atoms with Crippen LogP contribution in [0.4, 0.5) is 0 Å². The van der Waals surface area contributed by atoms with Crippen LogP contribution in [0.1, 0.15) is 18.4 Å². The van der Waals surface area contributed by atoms with Crippen LogP contribution >= 0.6 is 17.0 Å². The quantitative estimate of drug-likeness (QED) is 0.719. The number of guanidine groups is 1. The van der Waals surface area contributed by atoms with Gasteiger partial charge in [0.05, 0.1) is 14.2 Å². The van der Waals surface area contributed by atoms with Gasteiger partial charge in [0.1, 0.15) is 23.0 Å². The first kappa shape index (κ1) is 20.9. The van der Waals surface area contributed by atoms with Crippen molar-refractivity contribution in [1.82, 2.24) is 10.6 Å². The van der Waals surface area contributed by atoms with E-state index in [1.165, 1.54) is 0 Å². The predicted molar refractivity (Wildman–Crippen MR) is 113 cm³/mol. The maximum atomic E-state index is 5.98. The Labute approximate surface area is 170 Å². The molecule has 0 amide bonds. The molecule has 1 heterocycles. The summed E-state index contributed by atoms with van der Waals surface area (Å²) >= 11 is 0. The van der Waals surface area contributed by atoms with Crippen LogP contribution < -0.4 is 24.8 Å². The van der Waals surface area contributed by atoms with Crippen LogP contribution in [0.2, 0.25) is 0 Å². The van der Waals surface area contributed by atoms with Gasteiger partial charge in [-0.05, 0) is 30.5 Å². The Hall–Kier alpha value is -2.41. The van der Waals surface area contributed by atoms with E-state index in [9.17, 15) is 0 Å². The van der Waals surface area contributed by atoms with E-state index >= 15 is 0 Å². The number of benzene rings is 2. The van der Waals surface area contributed by atoms with E-state index in [0.717, 1.165) is 43.2 Å². The van der Waals surface area contributed by atoms with Gasteiger partial charge in [-0.15, -0.1) is 17.0 Å². The minimum absolute atomic E-state index is 0. The van der Waals surface area contributed by atoms with Crippen LogP contribution in [0.3, 0.4) is 0 Å². The standard InChI is InChI=1S/C20H25N3O3.BrH/c1-24-17-11-18(25-2)13-19(12-17)26-16-7-5-6-15(10-16)14-23-20-21-8-3-4-9-22-20;/h5-7,10-13H,3-4,8-9,14H2,1-2H3,(H2,21,22,23);1H. The maximum absolute atomic E-state index is 5.98. The van der Waals surface area contributed by atoms with Gasteiger partial charge < -0.3 is 24.8 Å². The van der Waals surface area contributed by atoms with E-state index in [1.54, 1.807) is 14.2 Å². The third-order valence-electron chi connectivity index (χ3n) is 4.07. The monoisotopic (exact) mass is 435 g/mol. The molecule has 0 bridgehead atoms. The Bertz CT molecular complexity index is 746. The van der Waals surface area contributed by atoms with E-state index in [4.69, 9.17) is 14.2 Å². The van der Waals surface area contributed by atoms with Crippen LogP contribution in [-0.4, -0.2) is 33.3 Å². The Kier molecular flexibility index (Phi) is 8.26. The predicted octanol–water partition coefficient (Wildman–Crippen LogP) is 3.90. The number of nitrogens with one attached hydrogen (secondary N) is 2. The Morgan fingerprint density at radius 1 is 0.963 bits per heavy atom. The number of rotatable bonds is 6. The highest BCUT2D eigenvalue weighted by molar-refractivity contribution is 8.93. The summed E-state index contributed by atoms with van der Waals surface area (Å²) in [4.78, 5) is 4.50. The third kappa shape index (κ3) is 6.36. The van der Waals surface area contributed by atoms with Crippen LogP contribution in [0.15, 0.2) is 47.5 Å². The Morgan fingerprint density at radius 2 is 1.70 bits per heavy atom. The highest BCUT2D eigenvalue weighted by Crippen LogP contribution is 2.31. The molecule has 0 atom stereocenters. The number of methoxy groups -OCH3 is 2. The Balaban J connectivity index is 0.00000261. The fraction of sp³-hybridized carbons (Fsp3) is 0.350. The lowest BCUT2D eigenvalue weighted by Crippen LogP contribution is -2.36. The molecule has 0 unspecified atom stereocenters. The van der Waals surface area contributed by atoms with Gasteiger partial charge in [0.2, 0.25) is 0 Å². The molecular weight excluding hydrogens is 410 g/mol. The second kappa shape index (κ2) is 10.7. The lowest BCUT2D eigenvalue weighted by molar-refractivity contribution is 0.386. The molecule has 1 aliphatic rings. The van der Waals surface area contributed by atoms with E-state index in [1.807, 2.05) is 36.4 Å². The maximum Gasteiger partial charge on any atom is 0.191 e. The van der Waals surface area contributed by atoms with Gasteiger partial charge >= 0.3 is 0 Å². The second-order valence-corrected chi connectivity index (χ2v) is 6.02. The van der Waals surface area contributed by atoms with Crippen molar-refractivity contribution in [1.29, 1.82) is 0 Å². The molecule has 3 rings (SSSR count). The number of hydrogen-bond acceptors (Lipinski definition) is 6. The average molecular weight is 436 g/mol. The smallest absolute Gasteiger partial charge is 0.191 e. The highest BCUT2D eigenvalue weighted by Gasteiger charge is 2.06. The minimum atomic E-state index is 0. The number of ether oxygens (including phenoxy) is 3. The SMILES string of the molecule is Br.COc1cc(OC)cc(Oc2cccc(CNC3=NCCCCN3)c2)c1. The van der Waals surface area contributed by atoms with Crippen molar-refractivity contribution in [3.8, 4) is 23.0 Å². The van der Waals surface area contributed by atoms with Crippen LogP contribution in [0, 0.1) is 0 Å². The Morgan fingerprint density at radius 3 is 2.44 bits per heavy atom. The van der Waals surface area contributed by atoms with Gasteiger partial charge in [-0.2, -0.15) is 0 Å². The van der Waals surface area contributed by atoms with E-state index in [-0.39, 0.29) is 17.0 Å². The molecule has 0 saturated heterocycles. The fourth-order valence-corrected chi connectivity index (χ4v) is 2.69. The van der Waals surface area contributed by atoms with Crippen molar-refractivity contribution < 1.29 is 14.2 Å². The van der Waals surface area contributed by atoms with Gasteiger partial charge in [0.15, 0.2) is 5.96 Å². The first-order valence-electron chi connectivity index (χ1n) is 8.79. The number of aliphatic imine (C=N–C) groups is 1.